The van der Waals surface area contributed by atoms with Crippen LogP contribution in [-0.4, -0.2) is 36.2 Å². The SMILES string of the molecule is Cn1c(=O)c2c(nc(Cl)n2CC(=O)NC(=O)NC(C)(C)C)n(C)c1=O. The Bertz CT molecular complexity index is 978. The third kappa shape index (κ3) is 3.73. The van der Waals surface area contributed by atoms with Gasteiger partial charge in [-0.2, -0.15) is 4.98 Å². The minimum absolute atomic E-state index is 0.000907. The molecule has 0 atom stereocenters. The van der Waals surface area contributed by atoms with E-state index in [-0.39, 0.29) is 16.4 Å². The third-order valence-electron chi connectivity index (χ3n) is 3.34. The molecule has 0 aliphatic heterocycles. The fraction of sp³-hybridized carbons (Fsp3) is 0.500. The topological polar surface area (TPSA) is 120 Å². The first kappa shape index (κ1) is 18.7. The molecule has 0 unspecified atom stereocenters. The maximum absolute atomic E-state index is 12.3. The van der Waals surface area contributed by atoms with E-state index in [4.69, 9.17) is 11.6 Å². The van der Waals surface area contributed by atoms with Gasteiger partial charge in [-0.15, -0.1) is 0 Å². The van der Waals surface area contributed by atoms with E-state index in [1.54, 1.807) is 20.8 Å². The number of rotatable bonds is 2. The molecule has 0 saturated heterocycles. The van der Waals surface area contributed by atoms with Crippen molar-refractivity contribution in [3.8, 4) is 0 Å². The van der Waals surface area contributed by atoms with E-state index in [1.807, 2.05) is 0 Å². The standard InChI is InChI=1S/C14H19ClN6O4/c1-14(2,3)18-12(24)16-7(22)6-21-8-9(17-11(21)15)19(4)13(25)20(5)10(8)23/h6H2,1-5H3,(H2,16,18,22,24). The Morgan fingerprint density at radius 2 is 1.76 bits per heavy atom. The second-order valence-corrected chi connectivity index (χ2v) is 6.94. The van der Waals surface area contributed by atoms with Crippen LogP contribution in [-0.2, 0) is 25.4 Å². The number of carbonyl (C=O) groups is 2. The van der Waals surface area contributed by atoms with Crippen LogP contribution in [0, 0.1) is 0 Å². The van der Waals surface area contributed by atoms with Crippen molar-refractivity contribution in [3.63, 3.8) is 0 Å². The second kappa shape index (κ2) is 6.36. The number of halogens is 1. The molecule has 2 rings (SSSR count). The molecule has 0 fully saturated rings. The first-order valence-corrected chi connectivity index (χ1v) is 7.74. The number of hydrogen-bond acceptors (Lipinski definition) is 5. The van der Waals surface area contributed by atoms with E-state index in [1.165, 1.54) is 14.1 Å². The Kier molecular flexibility index (Phi) is 4.76. The lowest BCUT2D eigenvalue weighted by molar-refractivity contribution is -0.120. The lowest BCUT2D eigenvalue weighted by atomic mass is 10.1. The van der Waals surface area contributed by atoms with Gasteiger partial charge in [0.25, 0.3) is 5.56 Å². The quantitative estimate of drug-likeness (QED) is 0.704. The van der Waals surface area contributed by atoms with Crippen molar-refractivity contribution >= 4 is 34.7 Å². The molecular weight excluding hydrogens is 352 g/mol. The molecule has 10 nitrogen and oxygen atoms in total. The van der Waals surface area contributed by atoms with Crippen molar-refractivity contribution in [2.75, 3.05) is 0 Å². The Morgan fingerprint density at radius 1 is 1.16 bits per heavy atom. The van der Waals surface area contributed by atoms with Gasteiger partial charge in [0.05, 0.1) is 0 Å². The van der Waals surface area contributed by atoms with Crippen molar-refractivity contribution in [1.82, 2.24) is 29.3 Å². The summed E-state index contributed by atoms with van der Waals surface area (Å²) in [5.41, 5.74) is -1.65. The van der Waals surface area contributed by atoms with Crippen molar-refractivity contribution in [3.05, 3.63) is 26.1 Å². The van der Waals surface area contributed by atoms with Crippen molar-refractivity contribution in [2.24, 2.45) is 14.1 Å². The Hall–Kier alpha value is -2.62. The molecule has 0 radical (unpaired) electrons. The predicted molar refractivity (Wildman–Crippen MR) is 91.7 cm³/mol. The maximum atomic E-state index is 12.3. The number of fused-ring (bicyclic) bond motifs is 1. The summed E-state index contributed by atoms with van der Waals surface area (Å²) in [5.74, 6) is -0.682. The van der Waals surface area contributed by atoms with Crippen LogP contribution < -0.4 is 21.9 Å². The summed E-state index contributed by atoms with van der Waals surface area (Å²) in [6, 6.07) is -0.668. The number of aryl methyl sites for hydroxylation is 1. The molecule has 0 spiro atoms. The van der Waals surface area contributed by atoms with E-state index in [2.05, 4.69) is 15.6 Å². The highest BCUT2D eigenvalue weighted by Gasteiger charge is 2.21. The van der Waals surface area contributed by atoms with E-state index in [9.17, 15) is 19.2 Å². The van der Waals surface area contributed by atoms with Crippen LogP contribution in [0.3, 0.4) is 0 Å². The zero-order chi connectivity index (χ0) is 19.1. The molecule has 0 bridgehead atoms. The van der Waals surface area contributed by atoms with Crippen LogP contribution in [0.4, 0.5) is 4.79 Å². The van der Waals surface area contributed by atoms with E-state index >= 15 is 0 Å². The molecule has 25 heavy (non-hydrogen) atoms. The summed E-state index contributed by atoms with van der Waals surface area (Å²) in [6.45, 7) is 4.89. The number of amides is 3. The zero-order valence-electron chi connectivity index (χ0n) is 14.5. The monoisotopic (exact) mass is 370 g/mol. The number of imide groups is 1. The molecular formula is C14H19ClN6O4. The van der Waals surface area contributed by atoms with Crippen LogP contribution in [0.2, 0.25) is 5.28 Å². The summed E-state index contributed by atoms with van der Waals surface area (Å²) >= 11 is 6.01. The predicted octanol–water partition coefficient (Wildman–Crippen LogP) is -0.289. The minimum atomic E-state index is -0.682. The normalized spacial score (nSPS) is 11.6. The van der Waals surface area contributed by atoms with Gasteiger partial charge in [0.2, 0.25) is 11.2 Å². The largest absolute Gasteiger partial charge is 0.333 e. The maximum Gasteiger partial charge on any atom is 0.332 e. The van der Waals surface area contributed by atoms with Crippen LogP contribution in [0.15, 0.2) is 9.59 Å². The molecule has 2 aromatic rings. The van der Waals surface area contributed by atoms with Gasteiger partial charge < -0.3 is 5.32 Å². The van der Waals surface area contributed by atoms with Gasteiger partial charge in [0, 0.05) is 19.6 Å². The van der Waals surface area contributed by atoms with Crippen LogP contribution >= 0.6 is 11.6 Å². The highest BCUT2D eigenvalue weighted by molar-refractivity contribution is 6.29. The number of hydrogen-bond donors (Lipinski definition) is 2. The van der Waals surface area contributed by atoms with E-state index in [0.717, 1.165) is 13.7 Å². The van der Waals surface area contributed by atoms with Gasteiger partial charge in [0.1, 0.15) is 6.54 Å². The van der Waals surface area contributed by atoms with Gasteiger partial charge in [-0.3, -0.25) is 28.6 Å². The average Bonchev–Trinajstić information content (AvgIpc) is 2.78. The molecule has 11 heteroatoms. The summed E-state index contributed by atoms with van der Waals surface area (Å²) in [5, 5.41) is 4.59. The first-order valence-electron chi connectivity index (χ1n) is 7.36. The van der Waals surface area contributed by atoms with Gasteiger partial charge in [0.15, 0.2) is 11.2 Å². The van der Waals surface area contributed by atoms with Gasteiger partial charge in [-0.05, 0) is 32.4 Å². The molecule has 2 N–H and O–H groups in total. The van der Waals surface area contributed by atoms with Crippen molar-refractivity contribution in [2.45, 2.75) is 32.9 Å². The van der Waals surface area contributed by atoms with Gasteiger partial charge >= 0.3 is 11.7 Å². The zero-order valence-corrected chi connectivity index (χ0v) is 15.3. The first-order chi connectivity index (χ1) is 11.4. The summed E-state index contributed by atoms with van der Waals surface area (Å²) in [7, 11) is 2.75. The van der Waals surface area contributed by atoms with Crippen LogP contribution in [0.5, 0.6) is 0 Å². The Balaban J connectivity index is 2.38. The lowest BCUT2D eigenvalue weighted by Gasteiger charge is -2.20. The molecule has 136 valence electrons. The van der Waals surface area contributed by atoms with Crippen LogP contribution in [0.1, 0.15) is 20.8 Å². The fourth-order valence-corrected chi connectivity index (χ4v) is 2.47. The fourth-order valence-electron chi connectivity index (χ4n) is 2.25. The van der Waals surface area contributed by atoms with Crippen molar-refractivity contribution in [1.29, 1.82) is 0 Å². The second-order valence-electron chi connectivity index (χ2n) is 6.60. The smallest absolute Gasteiger partial charge is 0.332 e. The molecule has 2 heterocycles. The highest BCUT2D eigenvalue weighted by atomic mass is 35.5. The van der Waals surface area contributed by atoms with Crippen LogP contribution in [0.25, 0.3) is 11.2 Å². The van der Waals surface area contributed by atoms with E-state index < -0.39 is 35.3 Å². The molecule has 0 saturated carbocycles. The molecule has 2 aromatic heterocycles. The molecule has 3 amide bonds. The lowest BCUT2D eigenvalue weighted by Crippen LogP contribution is -2.49. The molecule has 0 aliphatic rings. The molecule has 0 aromatic carbocycles. The minimum Gasteiger partial charge on any atom is -0.333 e. The Labute approximate surface area is 147 Å². The number of carbonyl (C=O) groups excluding carboxylic acids is 2. The summed E-state index contributed by atoms with van der Waals surface area (Å²) in [4.78, 5) is 52.1. The summed E-state index contributed by atoms with van der Waals surface area (Å²) < 4.78 is 3.20. The number of aromatic nitrogens is 4. The third-order valence-corrected chi connectivity index (χ3v) is 3.63. The number of nitrogens with zero attached hydrogens (tertiary/aromatic N) is 4. The van der Waals surface area contributed by atoms with E-state index in [0.29, 0.717) is 0 Å². The average molecular weight is 371 g/mol. The number of urea groups is 1. The van der Waals surface area contributed by atoms with Crippen molar-refractivity contribution < 1.29 is 9.59 Å². The highest BCUT2D eigenvalue weighted by Crippen LogP contribution is 2.15. The van der Waals surface area contributed by atoms with Gasteiger partial charge in [-0.25, -0.2) is 9.59 Å². The number of imidazole rings is 1. The Morgan fingerprint density at radius 3 is 2.32 bits per heavy atom. The summed E-state index contributed by atoms with van der Waals surface area (Å²) in [6.07, 6.45) is 0. The number of nitrogens with one attached hydrogen (secondary N) is 2. The molecule has 0 aliphatic carbocycles. The van der Waals surface area contributed by atoms with Gasteiger partial charge in [-0.1, -0.05) is 0 Å².